The number of amides is 1. The molecule has 0 aromatic carbocycles. The molecule has 1 amide bonds. The van der Waals surface area contributed by atoms with E-state index in [2.05, 4.69) is 30.6 Å². The highest BCUT2D eigenvalue weighted by atomic mass is 16.5. The van der Waals surface area contributed by atoms with Gasteiger partial charge in [-0.2, -0.15) is 0 Å². The van der Waals surface area contributed by atoms with E-state index in [0.29, 0.717) is 5.92 Å². The van der Waals surface area contributed by atoms with Gasteiger partial charge >= 0.3 is 0 Å². The standard InChI is InChI=1S/C17H28N2O2/c1-13-16(2,3)14-4-5-17(13,12-14)15(20)18-6-7-19-8-10-21-11-9-19/h14H,1,4-12H2,2-3H3,(H,18,20)/t14-,17+/m0/s1. The third-order valence-corrected chi connectivity index (χ3v) is 6.14. The van der Waals surface area contributed by atoms with Gasteiger partial charge in [-0.05, 0) is 30.6 Å². The SMILES string of the molecule is C=C1C(C)(C)[C@H]2CC[C@@]1(C(=O)NCCN1CCOCC1)C2. The highest BCUT2D eigenvalue weighted by Crippen LogP contribution is 2.65. The predicted molar refractivity (Wildman–Crippen MR) is 83.0 cm³/mol. The third kappa shape index (κ3) is 2.42. The smallest absolute Gasteiger partial charge is 0.230 e. The Morgan fingerprint density at radius 1 is 1.43 bits per heavy atom. The van der Waals surface area contributed by atoms with Crippen LogP contribution in [0.1, 0.15) is 33.1 Å². The number of morpholine rings is 1. The Morgan fingerprint density at radius 2 is 2.14 bits per heavy atom. The first-order valence-electron chi connectivity index (χ1n) is 8.25. The van der Waals surface area contributed by atoms with Gasteiger partial charge in [0.25, 0.3) is 0 Å². The first-order chi connectivity index (χ1) is 9.97. The zero-order chi connectivity index (χ0) is 15.1. The predicted octanol–water partition coefficient (Wildman–Crippen LogP) is 1.82. The van der Waals surface area contributed by atoms with Crippen molar-refractivity contribution in [3.05, 3.63) is 12.2 Å². The number of nitrogens with one attached hydrogen (secondary N) is 1. The van der Waals surface area contributed by atoms with Gasteiger partial charge in [-0.15, -0.1) is 0 Å². The van der Waals surface area contributed by atoms with E-state index in [0.717, 1.165) is 57.8 Å². The highest BCUT2D eigenvalue weighted by Gasteiger charge is 2.60. The molecule has 3 rings (SSSR count). The topological polar surface area (TPSA) is 41.6 Å². The number of rotatable bonds is 4. The molecule has 1 saturated heterocycles. The lowest BCUT2D eigenvalue weighted by atomic mass is 9.68. The molecule has 118 valence electrons. The van der Waals surface area contributed by atoms with Gasteiger partial charge in [-0.25, -0.2) is 0 Å². The van der Waals surface area contributed by atoms with Crippen LogP contribution in [0.5, 0.6) is 0 Å². The maximum absolute atomic E-state index is 12.7. The van der Waals surface area contributed by atoms with Crippen molar-refractivity contribution in [2.24, 2.45) is 16.7 Å². The summed E-state index contributed by atoms with van der Waals surface area (Å²) in [5.74, 6) is 0.851. The Balaban J connectivity index is 1.55. The number of hydrogen-bond acceptors (Lipinski definition) is 3. The van der Waals surface area contributed by atoms with E-state index < -0.39 is 0 Å². The monoisotopic (exact) mass is 292 g/mol. The lowest BCUT2D eigenvalue weighted by molar-refractivity contribution is -0.128. The van der Waals surface area contributed by atoms with Gasteiger partial charge in [0, 0.05) is 26.2 Å². The molecule has 0 radical (unpaired) electrons. The normalized spacial score (nSPS) is 35.1. The molecule has 2 atom stereocenters. The van der Waals surface area contributed by atoms with Crippen LogP contribution in [0.15, 0.2) is 12.2 Å². The maximum atomic E-state index is 12.7. The minimum Gasteiger partial charge on any atom is -0.379 e. The minimum atomic E-state index is -0.279. The summed E-state index contributed by atoms with van der Waals surface area (Å²) in [5.41, 5.74) is 1.01. The average molecular weight is 292 g/mol. The largest absolute Gasteiger partial charge is 0.379 e. The Kier molecular flexibility index (Phi) is 3.87. The molecule has 2 aliphatic carbocycles. The molecule has 0 unspecified atom stereocenters. The van der Waals surface area contributed by atoms with E-state index >= 15 is 0 Å². The molecule has 4 heteroatoms. The number of ether oxygens (including phenoxy) is 1. The number of hydrogen-bond donors (Lipinski definition) is 1. The summed E-state index contributed by atoms with van der Waals surface area (Å²) in [5, 5.41) is 3.18. The van der Waals surface area contributed by atoms with Crippen LogP contribution >= 0.6 is 0 Å². The van der Waals surface area contributed by atoms with Gasteiger partial charge in [0.1, 0.15) is 0 Å². The lowest BCUT2D eigenvalue weighted by Gasteiger charge is -2.37. The molecule has 2 bridgehead atoms. The molecule has 21 heavy (non-hydrogen) atoms. The third-order valence-electron chi connectivity index (χ3n) is 6.14. The summed E-state index contributed by atoms with van der Waals surface area (Å²) >= 11 is 0. The summed E-state index contributed by atoms with van der Waals surface area (Å²) in [7, 11) is 0. The van der Waals surface area contributed by atoms with Crippen LogP contribution in [0, 0.1) is 16.7 Å². The van der Waals surface area contributed by atoms with Gasteiger partial charge < -0.3 is 10.1 Å². The van der Waals surface area contributed by atoms with Crippen molar-refractivity contribution in [3.63, 3.8) is 0 Å². The van der Waals surface area contributed by atoms with Crippen molar-refractivity contribution in [1.29, 1.82) is 0 Å². The second kappa shape index (κ2) is 5.40. The van der Waals surface area contributed by atoms with E-state index in [-0.39, 0.29) is 16.7 Å². The van der Waals surface area contributed by atoms with Crippen LogP contribution in [-0.2, 0) is 9.53 Å². The fraction of sp³-hybridized carbons (Fsp3) is 0.824. The van der Waals surface area contributed by atoms with Gasteiger partial charge in [0.05, 0.1) is 18.6 Å². The molecule has 1 aliphatic heterocycles. The lowest BCUT2D eigenvalue weighted by Crippen LogP contribution is -2.45. The molecular weight excluding hydrogens is 264 g/mol. The first-order valence-corrected chi connectivity index (χ1v) is 8.25. The zero-order valence-corrected chi connectivity index (χ0v) is 13.4. The summed E-state index contributed by atoms with van der Waals surface area (Å²) in [6.45, 7) is 14.0. The maximum Gasteiger partial charge on any atom is 0.230 e. The van der Waals surface area contributed by atoms with Gasteiger partial charge in [0.15, 0.2) is 0 Å². The summed E-state index contributed by atoms with van der Waals surface area (Å²) in [6, 6.07) is 0. The Bertz CT molecular complexity index is 440. The van der Waals surface area contributed by atoms with E-state index in [1.165, 1.54) is 6.42 Å². The van der Waals surface area contributed by atoms with Crippen LogP contribution in [0.4, 0.5) is 0 Å². The first kappa shape index (κ1) is 15.0. The molecule has 4 nitrogen and oxygen atoms in total. The number of fused-ring (bicyclic) bond motifs is 2. The molecule has 3 aliphatic rings. The fourth-order valence-electron chi connectivity index (χ4n) is 4.46. The number of carbonyl (C=O) groups is 1. The van der Waals surface area contributed by atoms with Gasteiger partial charge in [-0.1, -0.05) is 26.0 Å². The molecule has 0 aromatic rings. The van der Waals surface area contributed by atoms with E-state index in [1.54, 1.807) is 0 Å². The summed E-state index contributed by atoms with van der Waals surface area (Å²) in [6.07, 6.45) is 3.16. The number of nitrogens with zero attached hydrogens (tertiary/aromatic N) is 1. The Morgan fingerprint density at radius 3 is 2.76 bits per heavy atom. The van der Waals surface area contributed by atoms with Gasteiger partial charge in [0.2, 0.25) is 5.91 Å². The molecule has 3 fully saturated rings. The Hall–Kier alpha value is -0.870. The van der Waals surface area contributed by atoms with Crippen molar-refractivity contribution in [2.45, 2.75) is 33.1 Å². The fourth-order valence-corrected chi connectivity index (χ4v) is 4.46. The van der Waals surface area contributed by atoms with Crippen molar-refractivity contribution < 1.29 is 9.53 Å². The van der Waals surface area contributed by atoms with Gasteiger partial charge in [-0.3, -0.25) is 9.69 Å². The van der Waals surface area contributed by atoms with E-state index in [9.17, 15) is 4.79 Å². The minimum absolute atomic E-state index is 0.125. The van der Waals surface area contributed by atoms with Crippen molar-refractivity contribution in [1.82, 2.24) is 10.2 Å². The van der Waals surface area contributed by atoms with Crippen molar-refractivity contribution >= 4 is 5.91 Å². The molecule has 2 saturated carbocycles. The zero-order valence-electron chi connectivity index (χ0n) is 13.4. The number of carbonyl (C=O) groups excluding carboxylic acids is 1. The van der Waals surface area contributed by atoms with Crippen molar-refractivity contribution in [3.8, 4) is 0 Å². The van der Waals surface area contributed by atoms with E-state index in [1.807, 2.05) is 0 Å². The van der Waals surface area contributed by atoms with Crippen LogP contribution in [0.3, 0.4) is 0 Å². The second-order valence-electron chi connectivity index (χ2n) is 7.43. The van der Waals surface area contributed by atoms with Crippen LogP contribution in [0.2, 0.25) is 0 Å². The summed E-state index contributed by atoms with van der Waals surface area (Å²) in [4.78, 5) is 15.1. The molecule has 0 aromatic heterocycles. The molecule has 1 heterocycles. The average Bonchev–Trinajstić information content (AvgIpc) is 3.00. The van der Waals surface area contributed by atoms with Crippen molar-refractivity contribution in [2.75, 3.05) is 39.4 Å². The van der Waals surface area contributed by atoms with Crippen LogP contribution in [-0.4, -0.2) is 50.2 Å². The quantitative estimate of drug-likeness (QED) is 0.804. The second-order valence-corrected chi connectivity index (χ2v) is 7.43. The van der Waals surface area contributed by atoms with Crippen LogP contribution < -0.4 is 5.32 Å². The molecule has 0 spiro atoms. The van der Waals surface area contributed by atoms with Crippen LogP contribution in [0.25, 0.3) is 0 Å². The highest BCUT2D eigenvalue weighted by molar-refractivity contribution is 5.87. The van der Waals surface area contributed by atoms with E-state index in [4.69, 9.17) is 4.74 Å². The summed E-state index contributed by atoms with van der Waals surface area (Å²) < 4.78 is 5.34. The molecule has 1 N–H and O–H groups in total. The Labute approximate surface area is 127 Å². The molecular formula is C17H28N2O2.